The predicted octanol–water partition coefficient (Wildman–Crippen LogP) is 1.75. The Morgan fingerprint density at radius 3 is 1.96 bits per heavy atom. The first-order valence-electron chi connectivity index (χ1n) is 6.83. The van der Waals surface area contributed by atoms with Crippen molar-refractivity contribution in [1.82, 2.24) is 0 Å². The number of primary sulfonamides is 1. The Balaban J connectivity index is 2.30. The number of hydrogen-bond donors (Lipinski definition) is 1. The lowest BCUT2D eigenvalue weighted by Crippen LogP contribution is -2.32. The summed E-state index contributed by atoms with van der Waals surface area (Å²) >= 11 is 0. The summed E-state index contributed by atoms with van der Waals surface area (Å²) in [6, 6.07) is 9.44. The number of sulfonamides is 1. The van der Waals surface area contributed by atoms with E-state index in [0.717, 1.165) is 4.90 Å². The fraction of sp³-hybridized carbons (Fsp3) is 0.125. The van der Waals surface area contributed by atoms with E-state index in [2.05, 4.69) is 0 Å². The van der Waals surface area contributed by atoms with Crippen molar-refractivity contribution in [1.29, 1.82) is 0 Å². The van der Waals surface area contributed by atoms with E-state index in [1.165, 1.54) is 18.2 Å². The molecule has 0 spiro atoms. The average molecular weight is 330 g/mol. The molecular formula is C16H14N2O4S. The van der Waals surface area contributed by atoms with Gasteiger partial charge in [-0.05, 0) is 43.2 Å². The standard InChI is InChI=1S/C16H14N2O4S/c1-9-7-10(2)14(13(8-9)23(17,21)22)18-15(19)11-5-3-4-6-12(11)16(18)20/h3-8H,1-2H3,(H2,17,21,22). The van der Waals surface area contributed by atoms with E-state index >= 15 is 0 Å². The van der Waals surface area contributed by atoms with Gasteiger partial charge in [-0.2, -0.15) is 0 Å². The molecule has 118 valence electrons. The molecule has 0 atom stereocenters. The van der Waals surface area contributed by atoms with Crippen LogP contribution in [0.2, 0.25) is 0 Å². The van der Waals surface area contributed by atoms with Crippen molar-refractivity contribution < 1.29 is 18.0 Å². The summed E-state index contributed by atoms with van der Waals surface area (Å²) in [5.74, 6) is -1.11. The van der Waals surface area contributed by atoms with Crippen molar-refractivity contribution in [3.8, 4) is 0 Å². The van der Waals surface area contributed by atoms with Crippen LogP contribution in [0.15, 0.2) is 41.3 Å². The van der Waals surface area contributed by atoms with Crippen LogP contribution in [0.4, 0.5) is 5.69 Å². The third-order valence-corrected chi connectivity index (χ3v) is 4.66. The van der Waals surface area contributed by atoms with Crippen LogP contribution in [-0.2, 0) is 10.0 Å². The molecule has 0 radical (unpaired) electrons. The van der Waals surface area contributed by atoms with Gasteiger partial charge in [0.05, 0.1) is 16.8 Å². The fourth-order valence-corrected chi connectivity index (χ4v) is 3.69. The van der Waals surface area contributed by atoms with Crippen LogP contribution in [0, 0.1) is 13.8 Å². The van der Waals surface area contributed by atoms with E-state index in [4.69, 9.17) is 5.14 Å². The Morgan fingerprint density at radius 1 is 0.957 bits per heavy atom. The number of fused-ring (bicyclic) bond motifs is 1. The van der Waals surface area contributed by atoms with Crippen molar-refractivity contribution in [2.75, 3.05) is 4.90 Å². The van der Waals surface area contributed by atoms with E-state index in [0.29, 0.717) is 11.1 Å². The maximum Gasteiger partial charge on any atom is 0.266 e. The highest BCUT2D eigenvalue weighted by Gasteiger charge is 2.39. The van der Waals surface area contributed by atoms with Gasteiger partial charge in [-0.1, -0.05) is 18.2 Å². The summed E-state index contributed by atoms with van der Waals surface area (Å²) < 4.78 is 23.9. The molecule has 6 nitrogen and oxygen atoms in total. The highest BCUT2D eigenvalue weighted by Crippen LogP contribution is 2.35. The molecule has 0 saturated heterocycles. The van der Waals surface area contributed by atoms with Crippen molar-refractivity contribution in [3.05, 3.63) is 58.7 Å². The van der Waals surface area contributed by atoms with Crippen LogP contribution in [0.1, 0.15) is 31.8 Å². The largest absolute Gasteiger partial charge is 0.268 e. The van der Waals surface area contributed by atoms with E-state index in [-0.39, 0.29) is 21.7 Å². The molecular weight excluding hydrogens is 316 g/mol. The minimum atomic E-state index is -4.10. The number of amides is 2. The number of benzene rings is 2. The topological polar surface area (TPSA) is 97.5 Å². The van der Waals surface area contributed by atoms with E-state index in [9.17, 15) is 18.0 Å². The zero-order valence-electron chi connectivity index (χ0n) is 12.5. The van der Waals surface area contributed by atoms with E-state index < -0.39 is 21.8 Å². The molecule has 3 rings (SSSR count). The van der Waals surface area contributed by atoms with Crippen LogP contribution >= 0.6 is 0 Å². The zero-order valence-corrected chi connectivity index (χ0v) is 13.3. The first-order valence-corrected chi connectivity index (χ1v) is 8.38. The van der Waals surface area contributed by atoms with E-state index in [1.54, 1.807) is 32.0 Å². The van der Waals surface area contributed by atoms with Crippen LogP contribution < -0.4 is 10.0 Å². The molecule has 0 unspecified atom stereocenters. The first-order chi connectivity index (χ1) is 10.7. The van der Waals surface area contributed by atoms with Gasteiger partial charge in [0.2, 0.25) is 10.0 Å². The fourth-order valence-electron chi connectivity index (χ4n) is 2.82. The summed E-state index contributed by atoms with van der Waals surface area (Å²) in [6.45, 7) is 3.36. The van der Waals surface area contributed by atoms with Crippen molar-refractivity contribution >= 4 is 27.5 Å². The SMILES string of the molecule is Cc1cc(C)c(N2C(=O)c3ccccc3C2=O)c(S(N)(=O)=O)c1. The summed E-state index contributed by atoms with van der Waals surface area (Å²) in [5.41, 5.74) is 1.68. The Bertz CT molecular complexity index is 929. The predicted molar refractivity (Wildman–Crippen MR) is 84.9 cm³/mol. The zero-order chi connectivity index (χ0) is 16.9. The molecule has 2 aromatic carbocycles. The normalized spacial score (nSPS) is 14.3. The number of rotatable bonds is 2. The van der Waals surface area contributed by atoms with Crippen molar-refractivity contribution in [2.24, 2.45) is 5.14 Å². The number of nitrogens with zero attached hydrogens (tertiary/aromatic N) is 1. The molecule has 7 heteroatoms. The quantitative estimate of drug-likeness (QED) is 0.848. The number of carbonyl (C=O) groups excluding carboxylic acids is 2. The molecule has 0 fully saturated rings. The number of nitrogens with two attached hydrogens (primary N) is 1. The second-order valence-electron chi connectivity index (χ2n) is 5.46. The summed E-state index contributed by atoms with van der Waals surface area (Å²) in [6.07, 6.45) is 0. The van der Waals surface area contributed by atoms with Gasteiger partial charge >= 0.3 is 0 Å². The Hall–Kier alpha value is -2.51. The monoisotopic (exact) mass is 330 g/mol. The number of hydrogen-bond acceptors (Lipinski definition) is 4. The molecule has 2 aromatic rings. The maximum absolute atomic E-state index is 12.6. The van der Waals surface area contributed by atoms with Gasteiger partial charge in [-0.15, -0.1) is 0 Å². The highest BCUT2D eigenvalue weighted by atomic mass is 32.2. The molecule has 0 aromatic heterocycles. The molecule has 0 aliphatic carbocycles. The second-order valence-corrected chi connectivity index (χ2v) is 6.99. The van der Waals surface area contributed by atoms with Gasteiger partial charge in [0.1, 0.15) is 4.90 Å². The summed E-state index contributed by atoms with van der Waals surface area (Å²) in [4.78, 5) is 25.8. The molecule has 2 N–H and O–H groups in total. The molecule has 0 saturated carbocycles. The van der Waals surface area contributed by atoms with Crippen molar-refractivity contribution in [2.45, 2.75) is 18.7 Å². The van der Waals surface area contributed by atoms with Crippen molar-refractivity contribution in [3.63, 3.8) is 0 Å². The van der Waals surface area contributed by atoms with Gasteiger partial charge < -0.3 is 0 Å². The molecule has 1 aliphatic heterocycles. The minimum absolute atomic E-state index is 0.0179. The highest BCUT2D eigenvalue weighted by molar-refractivity contribution is 7.89. The molecule has 1 heterocycles. The molecule has 2 amide bonds. The molecule has 0 bridgehead atoms. The maximum atomic E-state index is 12.6. The third kappa shape index (κ3) is 2.34. The lowest BCUT2D eigenvalue weighted by Gasteiger charge is -2.20. The van der Waals surface area contributed by atoms with Crippen LogP contribution in [0.3, 0.4) is 0 Å². The Kier molecular flexibility index (Phi) is 3.35. The molecule has 23 heavy (non-hydrogen) atoms. The van der Waals surface area contributed by atoms with Crippen LogP contribution in [0.5, 0.6) is 0 Å². The molecule has 1 aliphatic rings. The summed E-state index contributed by atoms with van der Waals surface area (Å²) in [5, 5.41) is 5.28. The van der Waals surface area contributed by atoms with Gasteiger partial charge in [0, 0.05) is 0 Å². The number of anilines is 1. The lowest BCUT2D eigenvalue weighted by atomic mass is 10.1. The first kappa shape index (κ1) is 15.4. The van der Waals surface area contributed by atoms with Gasteiger partial charge in [0.25, 0.3) is 11.8 Å². The minimum Gasteiger partial charge on any atom is -0.268 e. The number of imide groups is 1. The van der Waals surface area contributed by atoms with Crippen LogP contribution in [-0.4, -0.2) is 20.2 Å². The Morgan fingerprint density at radius 2 is 1.48 bits per heavy atom. The van der Waals surface area contributed by atoms with Gasteiger partial charge in [-0.25, -0.2) is 18.5 Å². The van der Waals surface area contributed by atoms with E-state index in [1.807, 2.05) is 0 Å². The average Bonchev–Trinajstić information content (AvgIpc) is 2.71. The number of carbonyl (C=O) groups is 2. The van der Waals surface area contributed by atoms with Crippen LogP contribution in [0.25, 0.3) is 0 Å². The second kappa shape index (κ2) is 5.00. The lowest BCUT2D eigenvalue weighted by molar-refractivity contribution is 0.0925. The smallest absolute Gasteiger partial charge is 0.266 e. The van der Waals surface area contributed by atoms with Gasteiger partial charge in [-0.3, -0.25) is 9.59 Å². The number of aryl methyl sites for hydroxylation is 2. The Labute approximate surface area is 133 Å². The summed E-state index contributed by atoms with van der Waals surface area (Å²) in [7, 11) is -4.10. The third-order valence-electron chi connectivity index (χ3n) is 3.73. The van der Waals surface area contributed by atoms with Gasteiger partial charge in [0.15, 0.2) is 0 Å².